The number of benzene rings is 3. The van der Waals surface area contributed by atoms with Gasteiger partial charge in [0, 0.05) is 11.8 Å². The van der Waals surface area contributed by atoms with Crippen molar-refractivity contribution in [3.63, 3.8) is 0 Å². The summed E-state index contributed by atoms with van der Waals surface area (Å²) in [6.07, 6.45) is 0.779. The molecule has 1 N–H and O–H groups in total. The van der Waals surface area contributed by atoms with E-state index >= 15 is 0 Å². The Kier molecular flexibility index (Phi) is 6.70. The Bertz CT molecular complexity index is 1180. The van der Waals surface area contributed by atoms with Gasteiger partial charge in [0.1, 0.15) is 6.54 Å². The summed E-state index contributed by atoms with van der Waals surface area (Å²) in [5.74, 6) is -2.85. The number of carbonyl (C=O) groups is 1. The zero-order valence-corrected chi connectivity index (χ0v) is 17.9. The molecule has 0 aliphatic rings. The van der Waals surface area contributed by atoms with Crippen LogP contribution >= 0.6 is 0 Å². The fraction of sp³-hybridized carbons (Fsp3) is 0.174. The lowest BCUT2D eigenvalue weighted by molar-refractivity contribution is -0.114. The fourth-order valence-electron chi connectivity index (χ4n) is 2.96. The number of hydrogen-bond donors (Lipinski definition) is 1. The first-order chi connectivity index (χ1) is 14.7. The highest BCUT2D eigenvalue weighted by molar-refractivity contribution is 7.92. The average molecular weight is 445 g/mol. The van der Waals surface area contributed by atoms with Crippen LogP contribution in [-0.4, -0.2) is 20.9 Å². The molecule has 31 heavy (non-hydrogen) atoms. The first-order valence-corrected chi connectivity index (χ1v) is 11.1. The largest absolute Gasteiger partial charge is 0.324 e. The first kappa shape index (κ1) is 22.4. The maximum Gasteiger partial charge on any atom is 0.264 e. The van der Waals surface area contributed by atoms with Crippen LogP contribution in [0.15, 0.2) is 71.6 Å². The molecular weight excluding hydrogens is 422 g/mol. The molecule has 3 rings (SSSR count). The third kappa shape index (κ3) is 5.27. The van der Waals surface area contributed by atoms with E-state index in [0.29, 0.717) is 5.69 Å². The van der Waals surface area contributed by atoms with Crippen LogP contribution in [0.1, 0.15) is 18.1 Å². The van der Waals surface area contributed by atoms with Crippen molar-refractivity contribution in [2.75, 3.05) is 16.2 Å². The van der Waals surface area contributed by atoms with Gasteiger partial charge in [-0.05, 0) is 55.3 Å². The van der Waals surface area contributed by atoms with Gasteiger partial charge in [-0.25, -0.2) is 17.2 Å². The molecule has 0 heterocycles. The highest BCUT2D eigenvalue weighted by Crippen LogP contribution is 2.25. The van der Waals surface area contributed by atoms with E-state index in [9.17, 15) is 22.0 Å². The zero-order valence-electron chi connectivity index (χ0n) is 17.1. The zero-order chi connectivity index (χ0) is 22.6. The fourth-order valence-corrected chi connectivity index (χ4v) is 4.38. The molecule has 0 saturated carbocycles. The molecule has 0 aliphatic heterocycles. The molecule has 0 atom stereocenters. The Balaban J connectivity index is 1.93. The third-order valence-corrected chi connectivity index (χ3v) is 6.52. The molecule has 1 amide bonds. The number of rotatable bonds is 7. The summed E-state index contributed by atoms with van der Waals surface area (Å²) in [5.41, 5.74) is 2.26. The molecule has 0 unspecified atom stereocenters. The van der Waals surface area contributed by atoms with E-state index in [-0.39, 0.29) is 10.6 Å². The van der Waals surface area contributed by atoms with Crippen LogP contribution in [0, 0.1) is 18.6 Å². The van der Waals surface area contributed by atoms with Gasteiger partial charge >= 0.3 is 0 Å². The predicted octanol–water partition coefficient (Wildman–Crippen LogP) is 4.67. The van der Waals surface area contributed by atoms with Crippen LogP contribution in [0.25, 0.3) is 0 Å². The van der Waals surface area contributed by atoms with Crippen LogP contribution in [-0.2, 0) is 21.2 Å². The van der Waals surface area contributed by atoms with Gasteiger partial charge in [0.2, 0.25) is 5.91 Å². The van der Waals surface area contributed by atoms with E-state index in [1.807, 2.05) is 13.8 Å². The van der Waals surface area contributed by atoms with Gasteiger partial charge in [-0.1, -0.05) is 36.8 Å². The monoisotopic (exact) mass is 444 g/mol. The molecule has 0 radical (unpaired) electrons. The number of halogens is 2. The van der Waals surface area contributed by atoms with E-state index in [1.54, 1.807) is 36.4 Å². The Hall–Kier alpha value is -3.26. The minimum Gasteiger partial charge on any atom is -0.324 e. The van der Waals surface area contributed by atoms with Crippen LogP contribution < -0.4 is 9.62 Å². The molecule has 0 fully saturated rings. The lowest BCUT2D eigenvalue weighted by Crippen LogP contribution is -2.38. The van der Waals surface area contributed by atoms with E-state index < -0.39 is 34.1 Å². The second-order valence-corrected chi connectivity index (χ2v) is 8.88. The quantitative estimate of drug-likeness (QED) is 0.576. The second kappa shape index (κ2) is 9.26. The second-order valence-electron chi connectivity index (χ2n) is 7.02. The van der Waals surface area contributed by atoms with Crippen LogP contribution in [0.3, 0.4) is 0 Å². The predicted molar refractivity (Wildman–Crippen MR) is 117 cm³/mol. The number of carbonyl (C=O) groups excluding carboxylic acids is 1. The van der Waals surface area contributed by atoms with Crippen molar-refractivity contribution < 1.29 is 22.0 Å². The van der Waals surface area contributed by atoms with Gasteiger partial charge in [0.15, 0.2) is 11.6 Å². The number of anilines is 2. The summed E-state index contributed by atoms with van der Waals surface area (Å²) in [4.78, 5) is 12.7. The number of nitrogens with zero attached hydrogens (tertiary/aromatic N) is 1. The summed E-state index contributed by atoms with van der Waals surface area (Å²) in [7, 11) is -4.05. The topological polar surface area (TPSA) is 66.5 Å². The minimum atomic E-state index is -4.05. The molecule has 0 aromatic heterocycles. The summed E-state index contributed by atoms with van der Waals surface area (Å²) in [6.45, 7) is 3.28. The number of hydrogen-bond acceptors (Lipinski definition) is 3. The van der Waals surface area contributed by atoms with E-state index in [2.05, 4.69) is 5.32 Å². The van der Waals surface area contributed by atoms with Crippen molar-refractivity contribution >= 4 is 27.3 Å². The Labute approximate surface area is 180 Å². The molecular formula is C23H22F2N2O3S. The number of sulfonamides is 1. The summed E-state index contributed by atoms with van der Waals surface area (Å²) < 4.78 is 54.2. The van der Waals surface area contributed by atoms with Gasteiger partial charge in [-0.15, -0.1) is 0 Å². The SMILES string of the molecule is CCc1ccc(N(CC(=O)Nc2ccc(F)c(F)c2)S(=O)(=O)c2ccc(C)cc2)cc1. The molecule has 0 saturated heterocycles. The molecule has 0 spiro atoms. The van der Waals surface area contributed by atoms with Crippen LogP contribution in [0.2, 0.25) is 0 Å². The van der Waals surface area contributed by atoms with Gasteiger partial charge in [0.25, 0.3) is 10.0 Å². The Morgan fingerprint density at radius 2 is 1.58 bits per heavy atom. The average Bonchev–Trinajstić information content (AvgIpc) is 2.75. The van der Waals surface area contributed by atoms with Crippen molar-refractivity contribution in [1.29, 1.82) is 0 Å². The lowest BCUT2D eigenvalue weighted by atomic mass is 10.1. The normalized spacial score (nSPS) is 11.2. The minimum absolute atomic E-state index is 0.0258. The third-order valence-electron chi connectivity index (χ3n) is 4.73. The van der Waals surface area contributed by atoms with Gasteiger partial charge in [-0.3, -0.25) is 9.10 Å². The molecule has 3 aromatic carbocycles. The summed E-state index contributed by atoms with van der Waals surface area (Å²) in [6, 6.07) is 16.1. The first-order valence-electron chi connectivity index (χ1n) is 9.64. The van der Waals surface area contributed by atoms with Crippen molar-refractivity contribution in [3.8, 4) is 0 Å². The smallest absolute Gasteiger partial charge is 0.264 e. The van der Waals surface area contributed by atoms with Crippen LogP contribution in [0.5, 0.6) is 0 Å². The van der Waals surface area contributed by atoms with Gasteiger partial charge < -0.3 is 5.32 Å². The lowest BCUT2D eigenvalue weighted by Gasteiger charge is -2.24. The standard InChI is InChI=1S/C23H22F2N2O3S/c1-3-17-6-9-19(10-7-17)27(31(29,30)20-11-4-16(2)5-12-20)15-23(28)26-18-8-13-21(24)22(25)14-18/h4-14H,3,15H2,1-2H3,(H,26,28). The van der Waals surface area contributed by atoms with Crippen molar-refractivity contribution in [2.45, 2.75) is 25.2 Å². The highest BCUT2D eigenvalue weighted by atomic mass is 32.2. The number of amides is 1. The number of aryl methyl sites for hydroxylation is 2. The molecule has 3 aromatic rings. The Morgan fingerprint density at radius 1 is 0.935 bits per heavy atom. The molecule has 0 bridgehead atoms. The Morgan fingerprint density at radius 3 is 2.16 bits per heavy atom. The molecule has 0 aliphatic carbocycles. The van der Waals surface area contributed by atoms with Gasteiger partial charge in [0.05, 0.1) is 10.6 Å². The van der Waals surface area contributed by atoms with Crippen LogP contribution in [0.4, 0.5) is 20.2 Å². The molecule has 5 nitrogen and oxygen atoms in total. The van der Waals surface area contributed by atoms with Crippen molar-refractivity contribution in [2.24, 2.45) is 0 Å². The van der Waals surface area contributed by atoms with E-state index in [1.165, 1.54) is 18.2 Å². The van der Waals surface area contributed by atoms with Crippen molar-refractivity contribution in [3.05, 3.63) is 89.5 Å². The number of nitrogens with one attached hydrogen (secondary N) is 1. The van der Waals surface area contributed by atoms with E-state index in [0.717, 1.165) is 34.0 Å². The maximum absolute atomic E-state index is 13.4. The molecule has 162 valence electrons. The summed E-state index contributed by atoms with van der Waals surface area (Å²) >= 11 is 0. The van der Waals surface area contributed by atoms with Crippen molar-refractivity contribution in [1.82, 2.24) is 0 Å². The maximum atomic E-state index is 13.4. The summed E-state index contributed by atoms with van der Waals surface area (Å²) in [5, 5.41) is 2.41. The highest BCUT2D eigenvalue weighted by Gasteiger charge is 2.27. The van der Waals surface area contributed by atoms with Gasteiger partial charge in [-0.2, -0.15) is 0 Å². The molecule has 8 heteroatoms. The van der Waals surface area contributed by atoms with E-state index in [4.69, 9.17) is 0 Å².